The molecule has 0 atom stereocenters. The van der Waals surface area contributed by atoms with E-state index >= 15 is 0 Å². The Kier molecular flexibility index (Phi) is 3.48. The lowest BCUT2D eigenvalue weighted by Gasteiger charge is -2.10. The minimum absolute atomic E-state index is 0.208. The molecule has 3 aromatic rings. The summed E-state index contributed by atoms with van der Waals surface area (Å²) >= 11 is 0. The van der Waals surface area contributed by atoms with Gasteiger partial charge in [-0.25, -0.2) is 13.2 Å². The Labute approximate surface area is 119 Å². The molecule has 0 spiro atoms. The summed E-state index contributed by atoms with van der Waals surface area (Å²) in [5, 5.41) is 4.61. The van der Waals surface area contributed by atoms with E-state index in [1.165, 1.54) is 0 Å². The number of fused-ring (bicyclic) bond motifs is 1. The normalized spacial score (nSPS) is 10.8. The molecule has 2 aromatic carbocycles. The molecule has 106 valence electrons. The van der Waals surface area contributed by atoms with Crippen molar-refractivity contribution in [3.05, 3.63) is 71.8 Å². The van der Waals surface area contributed by atoms with Crippen LogP contribution in [0.1, 0.15) is 5.56 Å². The Bertz CT molecular complexity index is 797. The van der Waals surface area contributed by atoms with E-state index in [-0.39, 0.29) is 12.2 Å². The Hall–Kier alpha value is -2.56. The van der Waals surface area contributed by atoms with Gasteiger partial charge >= 0.3 is 0 Å². The number of hydrogen-bond donors (Lipinski definition) is 1. The first-order valence-corrected chi connectivity index (χ1v) is 6.35. The highest BCUT2D eigenvalue weighted by Crippen LogP contribution is 2.22. The largest absolute Gasteiger partial charge is 0.378 e. The zero-order valence-corrected chi connectivity index (χ0v) is 10.9. The third-order valence-corrected chi connectivity index (χ3v) is 3.21. The van der Waals surface area contributed by atoms with Crippen molar-refractivity contribution >= 4 is 16.5 Å². The van der Waals surface area contributed by atoms with Crippen molar-refractivity contribution in [1.82, 2.24) is 4.98 Å². The second-order valence-corrected chi connectivity index (χ2v) is 4.62. The molecule has 0 amide bonds. The lowest BCUT2D eigenvalue weighted by Crippen LogP contribution is -2.04. The number of nitrogens with one attached hydrogen (secondary N) is 1. The number of aromatic nitrogens is 1. The monoisotopic (exact) mass is 288 g/mol. The molecule has 0 saturated carbocycles. The van der Waals surface area contributed by atoms with E-state index in [9.17, 15) is 13.2 Å². The van der Waals surface area contributed by atoms with E-state index in [1.807, 2.05) is 24.3 Å². The molecule has 0 bridgehead atoms. The first-order chi connectivity index (χ1) is 10.1. The van der Waals surface area contributed by atoms with Crippen LogP contribution in [0.4, 0.5) is 18.9 Å². The first-order valence-electron chi connectivity index (χ1n) is 6.35. The highest BCUT2D eigenvalue weighted by molar-refractivity contribution is 5.84. The van der Waals surface area contributed by atoms with E-state index in [2.05, 4.69) is 10.3 Å². The van der Waals surface area contributed by atoms with Crippen molar-refractivity contribution in [1.29, 1.82) is 0 Å². The summed E-state index contributed by atoms with van der Waals surface area (Å²) in [6.07, 6.45) is 3.37. The summed E-state index contributed by atoms with van der Waals surface area (Å²) in [6, 6.07) is 9.04. The van der Waals surface area contributed by atoms with Crippen molar-refractivity contribution in [2.75, 3.05) is 5.32 Å². The first kappa shape index (κ1) is 13.4. The molecular weight excluding hydrogens is 277 g/mol. The maximum Gasteiger partial charge on any atom is 0.182 e. The third kappa shape index (κ3) is 2.67. The Morgan fingerprint density at radius 2 is 1.81 bits per heavy atom. The fourth-order valence-corrected chi connectivity index (χ4v) is 2.20. The smallest absolute Gasteiger partial charge is 0.182 e. The standard InChI is InChI=1S/C16H11F3N2/c17-12-5-14(18)16(19)15(6-12)21-9-11-8-20-7-10-3-1-2-4-13(10)11/h1-8,21H,9H2. The van der Waals surface area contributed by atoms with Gasteiger partial charge in [-0.05, 0) is 10.9 Å². The predicted octanol–water partition coefficient (Wildman–Crippen LogP) is 4.26. The van der Waals surface area contributed by atoms with Crippen LogP contribution < -0.4 is 5.32 Å². The summed E-state index contributed by atoms with van der Waals surface area (Å²) in [7, 11) is 0. The number of benzene rings is 2. The Morgan fingerprint density at radius 1 is 1.00 bits per heavy atom. The molecule has 21 heavy (non-hydrogen) atoms. The summed E-state index contributed by atoms with van der Waals surface area (Å²) in [6.45, 7) is 0.216. The number of halogens is 3. The molecule has 0 radical (unpaired) electrons. The molecule has 0 aliphatic rings. The van der Waals surface area contributed by atoms with Gasteiger partial charge in [-0.2, -0.15) is 0 Å². The van der Waals surface area contributed by atoms with Crippen LogP contribution in [0.3, 0.4) is 0 Å². The minimum atomic E-state index is -1.21. The van der Waals surface area contributed by atoms with E-state index in [0.717, 1.165) is 22.4 Å². The van der Waals surface area contributed by atoms with Gasteiger partial charge in [-0.15, -0.1) is 0 Å². The topological polar surface area (TPSA) is 24.9 Å². The van der Waals surface area contributed by atoms with Gasteiger partial charge in [0.2, 0.25) is 0 Å². The number of pyridine rings is 1. The zero-order chi connectivity index (χ0) is 14.8. The average molecular weight is 288 g/mol. The molecule has 0 aliphatic carbocycles. The van der Waals surface area contributed by atoms with Gasteiger partial charge in [-0.3, -0.25) is 4.98 Å². The molecule has 0 fully saturated rings. The van der Waals surface area contributed by atoms with Gasteiger partial charge in [0.1, 0.15) is 5.82 Å². The fraction of sp³-hybridized carbons (Fsp3) is 0.0625. The van der Waals surface area contributed by atoms with Gasteiger partial charge in [0.05, 0.1) is 5.69 Å². The van der Waals surface area contributed by atoms with Gasteiger partial charge in [0.15, 0.2) is 11.6 Å². The molecule has 1 aromatic heterocycles. The molecular formula is C16H11F3N2. The van der Waals surface area contributed by atoms with Crippen LogP contribution in [0.5, 0.6) is 0 Å². The molecule has 0 saturated heterocycles. The van der Waals surface area contributed by atoms with E-state index < -0.39 is 17.5 Å². The summed E-state index contributed by atoms with van der Waals surface area (Å²) in [5.74, 6) is -3.13. The summed E-state index contributed by atoms with van der Waals surface area (Å²) < 4.78 is 39.9. The quantitative estimate of drug-likeness (QED) is 0.728. The second-order valence-electron chi connectivity index (χ2n) is 4.62. The zero-order valence-electron chi connectivity index (χ0n) is 10.9. The summed E-state index contributed by atoms with van der Waals surface area (Å²) in [4.78, 5) is 4.10. The number of nitrogens with zero attached hydrogens (tertiary/aromatic N) is 1. The second kappa shape index (κ2) is 5.44. The van der Waals surface area contributed by atoms with Crippen molar-refractivity contribution in [3.8, 4) is 0 Å². The van der Waals surface area contributed by atoms with Crippen molar-refractivity contribution in [3.63, 3.8) is 0 Å². The van der Waals surface area contributed by atoms with Crippen LogP contribution in [0.2, 0.25) is 0 Å². The van der Waals surface area contributed by atoms with Crippen molar-refractivity contribution in [2.45, 2.75) is 6.54 Å². The van der Waals surface area contributed by atoms with E-state index in [4.69, 9.17) is 0 Å². The molecule has 2 nitrogen and oxygen atoms in total. The molecule has 1 N–H and O–H groups in total. The van der Waals surface area contributed by atoms with Crippen molar-refractivity contribution in [2.24, 2.45) is 0 Å². The van der Waals surface area contributed by atoms with E-state index in [1.54, 1.807) is 12.4 Å². The molecule has 0 unspecified atom stereocenters. The van der Waals surface area contributed by atoms with Crippen LogP contribution in [0.25, 0.3) is 10.8 Å². The minimum Gasteiger partial charge on any atom is -0.378 e. The van der Waals surface area contributed by atoms with Crippen LogP contribution in [0, 0.1) is 17.5 Å². The van der Waals surface area contributed by atoms with E-state index in [0.29, 0.717) is 6.07 Å². The van der Waals surface area contributed by atoms with Crippen LogP contribution in [0.15, 0.2) is 48.8 Å². The lowest BCUT2D eigenvalue weighted by atomic mass is 10.1. The van der Waals surface area contributed by atoms with Crippen LogP contribution in [-0.2, 0) is 6.54 Å². The number of hydrogen-bond acceptors (Lipinski definition) is 2. The molecule has 3 rings (SSSR count). The van der Waals surface area contributed by atoms with Gasteiger partial charge in [0.25, 0.3) is 0 Å². The summed E-state index contributed by atoms with van der Waals surface area (Å²) in [5.41, 5.74) is 0.609. The van der Waals surface area contributed by atoms with Gasteiger partial charge in [0, 0.05) is 36.5 Å². The SMILES string of the molecule is Fc1cc(F)c(F)c(NCc2cncc3ccccc23)c1. The molecule has 5 heteroatoms. The highest BCUT2D eigenvalue weighted by atomic mass is 19.2. The molecule has 0 aliphatic heterocycles. The molecule has 1 heterocycles. The average Bonchev–Trinajstić information content (AvgIpc) is 2.49. The third-order valence-electron chi connectivity index (χ3n) is 3.21. The van der Waals surface area contributed by atoms with Crippen molar-refractivity contribution < 1.29 is 13.2 Å². The highest BCUT2D eigenvalue weighted by Gasteiger charge is 2.11. The van der Waals surface area contributed by atoms with Crippen LogP contribution >= 0.6 is 0 Å². The Balaban J connectivity index is 1.91. The lowest BCUT2D eigenvalue weighted by molar-refractivity contribution is 0.497. The van der Waals surface area contributed by atoms with Crippen LogP contribution in [-0.4, -0.2) is 4.98 Å². The van der Waals surface area contributed by atoms with Gasteiger partial charge < -0.3 is 5.32 Å². The van der Waals surface area contributed by atoms with Gasteiger partial charge in [-0.1, -0.05) is 24.3 Å². The Morgan fingerprint density at radius 3 is 2.67 bits per heavy atom. The fourth-order valence-electron chi connectivity index (χ4n) is 2.20. The number of anilines is 1. The maximum atomic E-state index is 13.6. The maximum absolute atomic E-state index is 13.6. The predicted molar refractivity (Wildman–Crippen MR) is 75.4 cm³/mol. The number of rotatable bonds is 3.